The summed E-state index contributed by atoms with van der Waals surface area (Å²) < 4.78 is 5.57. The van der Waals surface area contributed by atoms with Crippen LogP contribution in [0.2, 0.25) is 5.02 Å². The van der Waals surface area contributed by atoms with E-state index in [1.54, 1.807) is 18.2 Å². The highest BCUT2D eigenvalue weighted by molar-refractivity contribution is 6.32. The molecule has 1 aliphatic carbocycles. The molecule has 1 aliphatic rings. The smallest absolute Gasteiger partial charge is 0.158 e. The average Bonchev–Trinajstić information content (AvgIpc) is 2.87. The summed E-state index contributed by atoms with van der Waals surface area (Å²) in [7, 11) is 0. The van der Waals surface area contributed by atoms with Gasteiger partial charge in [0.1, 0.15) is 5.75 Å². The Bertz CT molecular complexity index is 335. The van der Waals surface area contributed by atoms with Crippen molar-refractivity contribution in [2.75, 3.05) is 0 Å². The first-order chi connectivity index (χ1) is 6.68. The van der Waals surface area contributed by atoms with Crippen LogP contribution in [0.25, 0.3) is 0 Å². The van der Waals surface area contributed by atoms with E-state index in [0.29, 0.717) is 16.3 Å². The molecule has 1 aromatic carbocycles. The van der Waals surface area contributed by atoms with Crippen molar-refractivity contribution in [3.63, 3.8) is 0 Å². The Morgan fingerprint density at radius 2 is 2.14 bits per heavy atom. The van der Waals surface area contributed by atoms with Crippen molar-refractivity contribution in [2.24, 2.45) is 0 Å². The summed E-state index contributed by atoms with van der Waals surface area (Å²) in [5, 5.41) is 9.76. The zero-order valence-electron chi connectivity index (χ0n) is 7.41. The lowest BCUT2D eigenvalue weighted by Gasteiger charge is -2.13. The first-order valence-corrected chi connectivity index (χ1v) is 5.27. The normalized spacial score (nSPS) is 17.9. The van der Waals surface area contributed by atoms with Gasteiger partial charge in [-0.2, -0.15) is 0 Å². The van der Waals surface area contributed by atoms with Crippen molar-refractivity contribution in [3.05, 3.63) is 28.8 Å². The third kappa shape index (κ3) is 2.14. The number of hydrogen-bond donors (Lipinski definition) is 1. The van der Waals surface area contributed by atoms with Gasteiger partial charge in [0.15, 0.2) is 5.56 Å². The number of hydrogen-bond acceptors (Lipinski definition) is 2. The topological polar surface area (TPSA) is 29.5 Å². The molecule has 0 bridgehead atoms. The van der Waals surface area contributed by atoms with E-state index in [9.17, 15) is 5.11 Å². The lowest BCUT2D eigenvalue weighted by atomic mass is 10.2. The summed E-state index contributed by atoms with van der Waals surface area (Å²) in [6, 6.07) is 5.23. The third-order valence-corrected chi connectivity index (χ3v) is 2.62. The molecule has 0 amide bonds. The summed E-state index contributed by atoms with van der Waals surface area (Å²) >= 11 is 11.5. The number of aliphatic hydroxyl groups excluding tert-OH is 1. The molecule has 76 valence electrons. The summed E-state index contributed by atoms with van der Waals surface area (Å²) in [4.78, 5) is 0. The molecular formula is C10H10Cl2O2. The van der Waals surface area contributed by atoms with Gasteiger partial charge in [-0.1, -0.05) is 29.3 Å². The summed E-state index contributed by atoms with van der Waals surface area (Å²) in [5.41, 5.74) is -0.653. The van der Waals surface area contributed by atoms with Gasteiger partial charge in [-0.15, -0.1) is 0 Å². The lowest BCUT2D eigenvalue weighted by Crippen LogP contribution is -2.01. The minimum absolute atomic E-state index is 0.266. The van der Waals surface area contributed by atoms with Crippen molar-refractivity contribution in [2.45, 2.75) is 24.5 Å². The van der Waals surface area contributed by atoms with E-state index in [1.807, 2.05) is 0 Å². The molecule has 1 atom stereocenters. The van der Waals surface area contributed by atoms with Crippen molar-refractivity contribution in [3.8, 4) is 5.75 Å². The Hall–Kier alpha value is -0.440. The molecule has 2 nitrogen and oxygen atoms in total. The zero-order valence-corrected chi connectivity index (χ0v) is 8.92. The Balaban J connectivity index is 2.30. The van der Waals surface area contributed by atoms with Gasteiger partial charge in [-0.05, 0) is 25.0 Å². The van der Waals surface area contributed by atoms with Crippen LogP contribution >= 0.6 is 23.2 Å². The van der Waals surface area contributed by atoms with Crippen molar-refractivity contribution in [1.82, 2.24) is 0 Å². The van der Waals surface area contributed by atoms with Crippen LogP contribution in [0, 0.1) is 0 Å². The average molecular weight is 233 g/mol. The number of alkyl halides is 1. The van der Waals surface area contributed by atoms with Crippen LogP contribution in [0.4, 0.5) is 0 Å². The molecule has 0 aliphatic heterocycles. The van der Waals surface area contributed by atoms with Gasteiger partial charge < -0.3 is 9.84 Å². The lowest BCUT2D eigenvalue weighted by molar-refractivity contribution is 0.244. The van der Waals surface area contributed by atoms with Crippen LogP contribution in [0.1, 0.15) is 24.0 Å². The van der Waals surface area contributed by atoms with Gasteiger partial charge in [0, 0.05) is 0 Å². The molecule has 1 N–H and O–H groups in total. The van der Waals surface area contributed by atoms with Gasteiger partial charge in [-0.25, -0.2) is 0 Å². The molecule has 0 radical (unpaired) electrons. The largest absolute Gasteiger partial charge is 0.490 e. The molecule has 0 aromatic heterocycles. The molecular weight excluding hydrogens is 223 g/mol. The van der Waals surface area contributed by atoms with Gasteiger partial charge in [0.05, 0.1) is 16.7 Å². The number of rotatable bonds is 3. The predicted octanol–water partition coefficient (Wildman–Crippen LogP) is 3.11. The van der Waals surface area contributed by atoms with E-state index in [1.165, 1.54) is 0 Å². The first kappa shape index (κ1) is 10.1. The summed E-state index contributed by atoms with van der Waals surface area (Å²) in [6.07, 6.45) is 2.39. The maximum absolute atomic E-state index is 9.32. The number of aliphatic hydroxyl groups is 1. The SMILES string of the molecule is OC(Cl)c1c(Cl)cccc1OC1CC1. The second-order valence-electron chi connectivity index (χ2n) is 3.30. The molecule has 1 aromatic rings. The third-order valence-electron chi connectivity index (χ3n) is 2.07. The van der Waals surface area contributed by atoms with E-state index >= 15 is 0 Å². The molecule has 0 spiro atoms. The Morgan fingerprint density at radius 3 is 2.71 bits per heavy atom. The minimum Gasteiger partial charge on any atom is -0.490 e. The first-order valence-electron chi connectivity index (χ1n) is 4.45. The van der Waals surface area contributed by atoms with Crippen LogP contribution in [-0.2, 0) is 0 Å². The molecule has 0 heterocycles. The van der Waals surface area contributed by atoms with Crippen LogP contribution < -0.4 is 4.74 Å². The quantitative estimate of drug-likeness (QED) is 0.812. The van der Waals surface area contributed by atoms with Gasteiger partial charge >= 0.3 is 0 Å². The van der Waals surface area contributed by atoms with Gasteiger partial charge in [-0.3, -0.25) is 0 Å². The maximum atomic E-state index is 9.32. The molecule has 0 saturated heterocycles. The maximum Gasteiger partial charge on any atom is 0.158 e. The fraction of sp³-hybridized carbons (Fsp3) is 0.400. The summed E-state index contributed by atoms with van der Waals surface area (Å²) in [6.45, 7) is 0. The fourth-order valence-electron chi connectivity index (χ4n) is 1.22. The standard InChI is InChI=1S/C10H10Cl2O2/c11-7-2-1-3-8(9(7)10(12)13)14-6-4-5-6/h1-3,6,10,13H,4-5H2. The van der Waals surface area contributed by atoms with Crippen molar-refractivity contribution in [1.29, 1.82) is 0 Å². The second-order valence-corrected chi connectivity index (χ2v) is 4.13. The van der Waals surface area contributed by atoms with Gasteiger partial charge in [0.25, 0.3) is 0 Å². The highest BCUT2D eigenvalue weighted by atomic mass is 35.5. The van der Waals surface area contributed by atoms with Crippen molar-refractivity contribution >= 4 is 23.2 Å². The van der Waals surface area contributed by atoms with Crippen LogP contribution in [0.5, 0.6) is 5.75 Å². The number of halogens is 2. The predicted molar refractivity (Wildman–Crippen MR) is 55.9 cm³/mol. The van der Waals surface area contributed by atoms with E-state index in [4.69, 9.17) is 27.9 Å². The number of ether oxygens (including phenoxy) is 1. The van der Waals surface area contributed by atoms with Crippen molar-refractivity contribution < 1.29 is 9.84 Å². The van der Waals surface area contributed by atoms with E-state index < -0.39 is 5.56 Å². The van der Waals surface area contributed by atoms with Gasteiger partial charge in [0.2, 0.25) is 0 Å². The van der Waals surface area contributed by atoms with E-state index in [0.717, 1.165) is 12.8 Å². The minimum atomic E-state index is -1.11. The Morgan fingerprint density at radius 1 is 1.43 bits per heavy atom. The molecule has 14 heavy (non-hydrogen) atoms. The fourth-order valence-corrected chi connectivity index (χ4v) is 1.77. The summed E-state index contributed by atoms with van der Waals surface area (Å²) in [5.74, 6) is 0.586. The van der Waals surface area contributed by atoms with Crippen LogP contribution in [0.3, 0.4) is 0 Å². The van der Waals surface area contributed by atoms with Crippen LogP contribution in [-0.4, -0.2) is 11.2 Å². The van der Waals surface area contributed by atoms with Crippen LogP contribution in [0.15, 0.2) is 18.2 Å². The highest BCUT2D eigenvalue weighted by Crippen LogP contribution is 2.37. The van der Waals surface area contributed by atoms with E-state index in [-0.39, 0.29) is 6.10 Å². The number of benzene rings is 1. The molecule has 2 rings (SSSR count). The molecule has 1 unspecified atom stereocenters. The molecule has 1 saturated carbocycles. The highest BCUT2D eigenvalue weighted by Gasteiger charge is 2.26. The Labute approximate surface area is 92.4 Å². The monoisotopic (exact) mass is 232 g/mol. The zero-order chi connectivity index (χ0) is 10.1. The Kier molecular flexibility index (Phi) is 2.86. The van der Waals surface area contributed by atoms with E-state index in [2.05, 4.69) is 0 Å². The molecule has 1 fully saturated rings. The molecule has 4 heteroatoms. The second kappa shape index (κ2) is 3.97.